The van der Waals surface area contributed by atoms with Crippen molar-refractivity contribution < 1.29 is 14.0 Å². The number of amides is 1. The van der Waals surface area contributed by atoms with Crippen LogP contribution in [0, 0.1) is 5.82 Å². The van der Waals surface area contributed by atoms with E-state index in [1.165, 1.54) is 30.5 Å². The Morgan fingerprint density at radius 2 is 1.88 bits per heavy atom. The molecule has 24 heavy (non-hydrogen) atoms. The minimum Gasteiger partial charge on any atom is -0.356 e. The summed E-state index contributed by atoms with van der Waals surface area (Å²) in [5.74, 6) is -1.41. The number of ketones is 1. The van der Waals surface area contributed by atoms with Gasteiger partial charge in [0.1, 0.15) is 11.5 Å². The van der Waals surface area contributed by atoms with E-state index in [9.17, 15) is 14.0 Å². The molecule has 2 heterocycles. The molecule has 6 heteroatoms. The number of halogens is 1. The number of carbonyl (C=O) groups is 2. The number of aromatic amines is 1. The molecule has 1 amide bonds. The molecular formula is C18H14FN3O2. The number of nitrogens with zero attached hydrogens (tertiary/aromatic N) is 1. The number of hydrogen-bond acceptors (Lipinski definition) is 3. The molecule has 1 aromatic carbocycles. The van der Waals surface area contributed by atoms with Crippen LogP contribution in [0.4, 0.5) is 4.39 Å². The molecule has 0 saturated carbocycles. The lowest BCUT2D eigenvalue weighted by atomic mass is 10.1. The molecule has 0 aliphatic rings. The van der Waals surface area contributed by atoms with Crippen LogP contribution in [0.5, 0.6) is 0 Å². The number of H-pyrrole nitrogens is 1. The summed E-state index contributed by atoms with van der Waals surface area (Å²) in [6.45, 7) is 0.344. The molecule has 3 rings (SSSR count). The topological polar surface area (TPSA) is 74.8 Å². The van der Waals surface area contributed by atoms with Crippen LogP contribution in [0.15, 0.2) is 61.1 Å². The molecule has 0 fully saturated rings. The Hall–Kier alpha value is -3.28. The summed E-state index contributed by atoms with van der Waals surface area (Å²) < 4.78 is 13.7. The molecule has 120 valence electrons. The standard InChI is InChI=1S/C18H14FN3O2/c19-15-4-2-1-3-14(15)17(23)13-9-16(21-11-13)18(24)22-10-12-5-7-20-8-6-12/h1-9,11,21H,10H2,(H,22,24). The zero-order valence-electron chi connectivity index (χ0n) is 12.6. The highest BCUT2D eigenvalue weighted by molar-refractivity contribution is 6.10. The Labute approximate surface area is 137 Å². The maximum atomic E-state index is 13.7. The SMILES string of the molecule is O=C(NCc1ccncc1)c1cc(C(=O)c2ccccc2F)c[nH]1. The van der Waals surface area contributed by atoms with Gasteiger partial charge >= 0.3 is 0 Å². The molecule has 0 aliphatic heterocycles. The van der Waals surface area contributed by atoms with Gasteiger partial charge in [-0.05, 0) is 35.9 Å². The van der Waals surface area contributed by atoms with Crippen LogP contribution in [0.3, 0.4) is 0 Å². The molecule has 0 atom stereocenters. The van der Waals surface area contributed by atoms with Crippen LogP contribution >= 0.6 is 0 Å². The van der Waals surface area contributed by atoms with Crippen molar-refractivity contribution in [3.63, 3.8) is 0 Å². The van der Waals surface area contributed by atoms with Crippen molar-refractivity contribution in [2.45, 2.75) is 6.54 Å². The van der Waals surface area contributed by atoms with Crippen molar-refractivity contribution >= 4 is 11.7 Å². The smallest absolute Gasteiger partial charge is 0.267 e. The van der Waals surface area contributed by atoms with Crippen molar-refractivity contribution in [3.8, 4) is 0 Å². The lowest BCUT2D eigenvalue weighted by Crippen LogP contribution is -2.23. The second kappa shape index (κ2) is 6.87. The predicted octanol–water partition coefficient (Wildman–Crippen LogP) is 2.71. The average molecular weight is 323 g/mol. The fraction of sp³-hybridized carbons (Fsp3) is 0.0556. The van der Waals surface area contributed by atoms with E-state index in [2.05, 4.69) is 15.3 Å². The van der Waals surface area contributed by atoms with Crippen LogP contribution in [0.25, 0.3) is 0 Å². The van der Waals surface area contributed by atoms with Crippen LogP contribution in [0.1, 0.15) is 32.0 Å². The van der Waals surface area contributed by atoms with Gasteiger partial charge in [0.25, 0.3) is 5.91 Å². The Balaban J connectivity index is 1.70. The monoisotopic (exact) mass is 323 g/mol. The second-order valence-corrected chi connectivity index (χ2v) is 5.15. The molecule has 0 bridgehead atoms. The third-order valence-corrected chi connectivity index (χ3v) is 3.51. The summed E-state index contributed by atoms with van der Waals surface area (Å²) >= 11 is 0. The summed E-state index contributed by atoms with van der Waals surface area (Å²) in [5, 5.41) is 2.74. The van der Waals surface area contributed by atoms with Gasteiger partial charge in [0.2, 0.25) is 0 Å². The molecule has 0 spiro atoms. The quantitative estimate of drug-likeness (QED) is 0.709. The largest absolute Gasteiger partial charge is 0.356 e. The Morgan fingerprint density at radius 1 is 1.12 bits per heavy atom. The van der Waals surface area contributed by atoms with Crippen molar-refractivity contribution in [2.75, 3.05) is 0 Å². The number of hydrogen-bond donors (Lipinski definition) is 2. The fourth-order valence-electron chi connectivity index (χ4n) is 2.24. The van der Waals surface area contributed by atoms with Gasteiger partial charge in [0, 0.05) is 30.7 Å². The predicted molar refractivity (Wildman–Crippen MR) is 86.0 cm³/mol. The molecule has 0 radical (unpaired) electrons. The van der Waals surface area contributed by atoms with Crippen molar-refractivity contribution in [2.24, 2.45) is 0 Å². The van der Waals surface area contributed by atoms with E-state index in [0.717, 1.165) is 5.56 Å². The molecule has 0 aliphatic carbocycles. The van der Waals surface area contributed by atoms with Gasteiger partial charge in [-0.15, -0.1) is 0 Å². The number of pyridine rings is 1. The number of aromatic nitrogens is 2. The summed E-state index contributed by atoms with van der Waals surface area (Å²) in [6, 6.07) is 10.7. The van der Waals surface area contributed by atoms with Gasteiger partial charge in [0.05, 0.1) is 5.56 Å². The summed E-state index contributed by atoms with van der Waals surface area (Å²) in [5.41, 5.74) is 1.35. The fourth-order valence-corrected chi connectivity index (χ4v) is 2.24. The normalized spacial score (nSPS) is 10.4. The van der Waals surface area contributed by atoms with Gasteiger partial charge in [-0.2, -0.15) is 0 Å². The first-order valence-corrected chi connectivity index (χ1v) is 7.30. The van der Waals surface area contributed by atoms with E-state index in [1.54, 1.807) is 30.6 Å². The Kier molecular flexibility index (Phi) is 4.47. The van der Waals surface area contributed by atoms with Crippen molar-refractivity contribution in [1.29, 1.82) is 0 Å². The Morgan fingerprint density at radius 3 is 2.62 bits per heavy atom. The maximum Gasteiger partial charge on any atom is 0.267 e. The van der Waals surface area contributed by atoms with Crippen LogP contribution in [0.2, 0.25) is 0 Å². The van der Waals surface area contributed by atoms with Crippen LogP contribution in [-0.4, -0.2) is 21.7 Å². The van der Waals surface area contributed by atoms with Gasteiger partial charge in [-0.1, -0.05) is 12.1 Å². The molecular weight excluding hydrogens is 309 g/mol. The highest BCUT2D eigenvalue weighted by atomic mass is 19.1. The van der Waals surface area contributed by atoms with Gasteiger partial charge < -0.3 is 10.3 Å². The van der Waals surface area contributed by atoms with Gasteiger partial charge in [-0.25, -0.2) is 4.39 Å². The first-order chi connectivity index (χ1) is 11.6. The zero-order valence-corrected chi connectivity index (χ0v) is 12.6. The van der Waals surface area contributed by atoms with E-state index in [1.807, 2.05) is 0 Å². The summed E-state index contributed by atoms with van der Waals surface area (Å²) in [6.07, 6.45) is 4.68. The van der Waals surface area contributed by atoms with Gasteiger partial charge in [-0.3, -0.25) is 14.6 Å². The van der Waals surface area contributed by atoms with E-state index < -0.39 is 11.6 Å². The third kappa shape index (κ3) is 3.38. The summed E-state index contributed by atoms with van der Waals surface area (Å²) in [4.78, 5) is 31.0. The molecule has 3 aromatic rings. The maximum absolute atomic E-state index is 13.7. The third-order valence-electron chi connectivity index (χ3n) is 3.51. The lowest BCUT2D eigenvalue weighted by Gasteiger charge is -2.03. The Bertz CT molecular complexity index is 875. The molecule has 5 nitrogen and oxygen atoms in total. The van der Waals surface area contributed by atoms with Crippen LogP contribution in [-0.2, 0) is 6.54 Å². The minimum atomic E-state index is -0.590. The van der Waals surface area contributed by atoms with E-state index in [0.29, 0.717) is 6.54 Å². The minimum absolute atomic E-state index is 0.0276. The van der Waals surface area contributed by atoms with E-state index in [-0.39, 0.29) is 22.7 Å². The molecule has 0 unspecified atom stereocenters. The van der Waals surface area contributed by atoms with Crippen LogP contribution < -0.4 is 5.32 Å². The van der Waals surface area contributed by atoms with Crippen molar-refractivity contribution in [1.82, 2.24) is 15.3 Å². The first-order valence-electron chi connectivity index (χ1n) is 7.30. The number of nitrogens with one attached hydrogen (secondary N) is 2. The van der Waals surface area contributed by atoms with E-state index in [4.69, 9.17) is 0 Å². The number of carbonyl (C=O) groups excluding carboxylic acids is 2. The highest BCUT2D eigenvalue weighted by Crippen LogP contribution is 2.14. The zero-order chi connectivity index (χ0) is 16.9. The number of benzene rings is 1. The number of rotatable bonds is 5. The highest BCUT2D eigenvalue weighted by Gasteiger charge is 2.17. The molecule has 2 aromatic heterocycles. The molecule has 0 saturated heterocycles. The average Bonchev–Trinajstić information content (AvgIpc) is 3.10. The first kappa shape index (κ1) is 15.6. The van der Waals surface area contributed by atoms with E-state index >= 15 is 0 Å². The van der Waals surface area contributed by atoms with Gasteiger partial charge in [0.15, 0.2) is 5.78 Å². The molecule has 2 N–H and O–H groups in total. The second-order valence-electron chi connectivity index (χ2n) is 5.15. The van der Waals surface area contributed by atoms with Crippen molar-refractivity contribution in [3.05, 3.63) is 89.3 Å². The lowest BCUT2D eigenvalue weighted by molar-refractivity contribution is 0.0946. The summed E-state index contributed by atoms with van der Waals surface area (Å²) in [7, 11) is 0.